The van der Waals surface area contributed by atoms with E-state index >= 15 is 0 Å². The van der Waals surface area contributed by atoms with Gasteiger partial charge in [-0.05, 0) is 44.6 Å². The monoisotopic (exact) mass is 366 g/mol. The summed E-state index contributed by atoms with van der Waals surface area (Å²) in [5.41, 5.74) is 1.17. The summed E-state index contributed by atoms with van der Waals surface area (Å²) in [6.07, 6.45) is 8.29. The second kappa shape index (κ2) is 8.32. The van der Waals surface area contributed by atoms with Crippen molar-refractivity contribution in [1.29, 1.82) is 0 Å². The lowest BCUT2D eigenvalue weighted by Crippen LogP contribution is -2.52. The molecule has 1 saturated carbocycles. The van der Waals surface area contributed by atoms with E-state index in [0.717, 1.165) is 12.8 Å². The van der Waals surface area contributed by atoms with Crippen LogP contribution in [0.3, 0.4) is 0 Å². The highest BCUT2D eigenvalue weighted by Gasteiger charge is 2.33. The summed E-state index contributed by atoms with van der Waals surface area (Å²) >= 11 is 0. The normalized spacial score (nSPS) is 17.9. The summed E-state index contributed by atoms with van der Waals surface area (Å²) in [6.45, 7) is 0.620. The van der Waals surface area contributed by atoms with Gasteiger partial charge in [0.1, 0.15) is 0 Å². The van der Waals surface area contributed by atoms with Crippen LogP contribution in [0.4, 0.5) is 0 Å². The van der Waals surface area contributed by atoms with Gasteiger partial charge in [0.05, 0.1) is 5.75 Å². The van der Waals surface area contributed by atoms with E-state index in [-0.39, 0.29) is 17.2 Å². The van der Waals surface area contributed by atoms with Crippen LogP contribution in [-0.4, -0.2) is 51.7 Å². The zero-order chi connectivity index (χ0) is 18.5. The largest absolute Gasteiger partial charge is 0.350 e. The molecule has 1 fully saturated rings. The van der Waals surface area contributed by atoms with Gasteiger partial charge in [0.15, 0.2) is 9.84 Å². The molecular weight excluding hydrogens is 336 g/mol. The average Bonchev–Trinajstić information content (AvgIpc) is 2.78. The highest BCUT2D eigenvalue weighted by atomic mass is 32.2. The zero-order valence-electron chi connectivity index (χ0n) is 15.5. The highest BCUT2D eigenvalue weighted by Crippen LogP contribution is 2.30. The Morgan fingerprint density at radius 3 is 2.36 bits per heavy atom. The lowest BCUT2D eigenvalue weighted by molar-refractivity contribution is 0.0869. The van der Waals surface area contributed by atoms with Gasteiger partial charge in [-0.25, -0.2) is 8.42 Å². The van der Waals surface area contributed by atoms with Gasteiger partial charge in [-0.1, -0.05) is 37.8 Å². The molecule has 1 N–H and O–H groups in total. The summed E-state index contributed by atoms with van der Waals surface area (Å²) in [6, 6.07) is 6.88. The van der Waals surface area contributed by atoms with E-state index in [2.05, 4.69) is 24.3 Å². The molecule has 1 aliphatic carbocycles. The van der Waals surface area contributed by atoms with Crippen molar-refractivity contribution in [2.45, 2.75) is 49.8 Å². The van der Waals surface area contributed by atoms with Crippen molar-refractivity contribution in [2.75, 3.05) is 26.9 Å². The lowest BCUT2D eigenvalue weighted by atomic mass is 9.88. The summed E-state index contributed by atoms with van der Waals surface area (Å²) in [5.74, 6) is -0.184. The first-order chi connectivity index (χ1) is 11.7. The first-order valence-electron chi connectivity index (χ1n) is 8.94. The van der Waals surface area contributed by atoms with Crippen molar-refractivity contribution in [3.8, 4) is 0 Å². The first kappa shape index (κ1) is 19.9. The van der Waals surface area contributed by atoms with Crippen molar-refractivity contribution >= 4 is 15.7 Å². The molecule has 0 saturated heterocycles. The number of sulfone groups is 1. The molecule has 140 valence electrons. The molecule has 1 amide bonds. The Bertz CT molecular complexity index is 690. The topological polar surface area (TPSA) is 66.5 Å². The number of nitrogens with zero attached hydrogens (tertiary/aromatic N) is 1. The van der Waals surface area contributed by atoms with Gasteiger partial charge in [0, 0.05) is 23.9 Å². The van der Waals surface area contributed by atoms with Crippen LogP contribution in [0.25, 0.3) is 0 Å². The molecule has 0 unspecified atom stereocenters. The minimum absolute atomic E-state index is 0.0104. The summed E-state index contributed by atoms with van der Waals surface area (Å²) < 4.78 is 22.9. The molecule has 0 spiro atoms. The maximum Gasteiger partial charge on any atom is 0.251 e. The Balaban J connectivity index is 2.07. The summed E-state index contributed by atoms with van der Waals surface area (Å²) in [5, 5.41) is 3.08. The van der Waals surface area contributed by atoms with Gasteiger partial charge in [-0.3, -0.25) is 4.79 Å². The minimum atomic E-state index is -3.11. The molecule has 5 nitrogen and oxygen atoms in total. The van der Waals surface area contributed by atoms with E-state index in [9.17, 15) is 13.2 Å². The van der Waals surface area contributed by atoms with Gasteiger partial charge < -0.3 is 10.2 Å². The molecule has 0 bridgehead atoms. The molecule has 1 aromatic rings. The van der Waals surface area contributed by atoms with E-state index in [1.165, 1.54) is 31.9 Å². The van der Waals surface area contributed by atoms with E-state index in [1.54, 1.807) is 24.3 Å². The third kappa shape index (κ3) is 5.82. The fourth-order valence-electron chi connectivity index (χ4n) is 3.62. The maximum atomic E-state index is 12.6. The number of amides is 1. The summed E-state index contributed by atoms with van der Waals surface area (Å²) in [7, 11) is 1.06. The molecule has 0 radical (unpaired) electrons. The van der Waals surface area contributed by atoms with Crippen LogP contribution in [0.15, 0.2) is 24.3 Å². The fraction of sp³-hybridized carbons (Fsp3) is 0.632. The number of carbonyl (C=O) groups is 1. The smallest absolute Gasteiger partial charge is 0.251 e. The average molecular weight is 367 g/mol. The molecule has 2 rings (SSSR count). The number of carbonyl (C=O) groups excluding carboxylic acids is 1. The number of likely N-dealkylation sites (N-methyl/N-ethyl adjacent to an activating group) is 1. The minimum Gasteiger partial charge on any atom is -0.350 e. The molecule has 25 heavy (non-hydrogen) atoms. The Morgan fingerprint density at radius 2 is 1.80 bits per heavy atom. The molecule has 0 heterocycles. The summed E-state index contributed by atoms with van der Waals surface area (Å²) in [4.78, 5) is 14.8. The van der Waals surface area contributed by atoms with Crippen LogP contribution >= 0.6 is 0 Å². The quantitative estimate of drug-likeness (QED) is 0.786. The zero-order valence-corrected chi connectivity index (χ0v) is 16.4. The second-order valence-electron chi connectivity index (χ2n) is 7.49. The van der Waals surface area contributed by atoms with Crippen LogP contribution in [0, 0.1) is 0 Å². The Hall–Kier alpha value is -1.40. The van der Waals surface area contributed by atoms with Crippen molar-refractivity contribution in [2.24, 2.45) is 0 Å². The van der Waals surface area contributed by atoms with Crippen LogP contribution in [0.1, 0.15) is 54.4 Å². The van der Waals surface area contributed by atoms with Crippen LogP contribution < -0.4 is 5.32 Å². The molecule has 1 aliphatic rings. The number of hydrogen-bond donors (Lipinski definition) is 1. The number of hydrogen-bond acceptors (Lipinski definition) is 4. The van der Waals surface area contributed by atoms with E-state index < -0.39 is 9.84 Å². The molecule has 1 aromatic carbocycles. The predicted molar refractivity (Wildman–Crippen MR) is 101 cm³/mol. The SMILES string of the molecule is CN(C)C1(CNC(=O)c2cccc(CS(C)(=O)=O)c2)CCCCCC1. The highest BCUT2D eigenvalue weighted by molar-refractivity contribution is 7.89. The van der Waals surface area contributed by atoms with Crippen molar-refractivity contribution in [3.63, 3.8) is 0 Å². The Labute approximate surface area is 151 Å². The van der Waals surface area contributed by atoms with Gasteiger partial charge >= 0.3 is 0 Å². The Morgan fingerprint density at radius 1 is 1.16 bits per heavy atom. The molecule has 0 aromatic heterocycles. The number of rotatable bonds is 6. The maximum absolute atomic E-state index is 12.6. The third-order valence-electron chi connectivity index (χ3n) is 5.18. The second-order valence-corrected chi connectivity index (χ2v) is 9.63. The van der Waals surface area contributed by atoms with Crippen LogP contribution in [-0.2, 0) is 15.6 Å². The number of benzene rings is 1. The van der Waals surface area contributed by atoms with Crippen molar-refractivity contribution < 1.29 is 13.2 Å². The predicted octanol–water partition coefficient (Wildman–Crippen LogP) is 2.62. The standard InChI is InChI=1S/C19H30N2O3S/c1-21(2)19(11-6-4-5-7-12-19)15-20-18(22)17-10-8-9-16(13-17)14-25(3,23)24/h8-10,13H,4-7,11-12,14-15H2,1-3H3,(H,20,22). The van der Waals surface area contributed by atoms with E-state index in [1.807, 2.05) is 0 Å². The molecule has 6 heteroatoms. The number of nitrogens with one attached hydrogen (secondary N) is 1. The van der Waals surface area contributed by atoms with Crippen molar-refractivity contribution in [1.82, 2.24) is 10.2 Å². The molecule has 0 atom stereocenters. The van der Waals surface area contributed by atoms with Gasteiger partial charge in [0.25, 0.3) is 5.91 Å². The van der Waals surface area contributed by atoms with Crippen molar-refractivity contribution in [3.05, 3.63) is 35.4 Å². The first-order valence-corrected chi connectivity index (χ1v) is 11.0. The van der Waals surface area contributed by atoms with Crippen LogP contribution in [0.2, 0.25) is 0 Å². The third-order valence-corrected chi connectivity index (χ3v) is 6.04. The molecular formula is C19H30N2O3S. The van der Waals surface area contributed by atoms with Gasteiger partial charge in [-0.2, -0.15) is 0 Å². The van der Waals surface area contributed by atoms with E-state index in [0.29, 0.717) is 17.7 Å². The molecule has 0 aliphatic heterocycles. The Kier molecular flexibility index (Phi) is 6.63. The van der Waals surface area contributed by atoms with Gasteiger partial charge in [-0.15, -0.1) is 0 Å². The van der Waals surface area contributed by atoms with Crippen LogP contribution in [0.5, 0.6) is 0 Å². The fourth-order valence-corrected chi connectivity index (χ4v) is 4.41. The lowest BCUT2D eigenvalue weighted by Gasteiger charge is -2.39. The van der Waals surface area contributed by atoms with E-state index in [4.69, 9.17) is 0 Å². The van der Waals surface area contributed by atoms with Gasteiger partial charge in [0.2, 0.25) is 0 Å².